The van der Waals surface area contributed by atoms with Crippen LogP contribution in [0.5, 0.6) is 0 Å². The first-order chi connectivity index (χ1) is 9.72. The van der Waals surface area contributed by atoms with Crippen LogP contribution >= 0.6 is 0 Å². The first kappa shape index (κ1) is 13.1. The predicted molar refractivity (Wildman–Crippen MR) is 79.2 cm³/mol. The van der Waals surface area contributed by atoms with Crippen molar-refractivity contribution in [2.45, 2.75) is 12.8 Å². The van der Waals surface area contributed by atoms with Crippen LogP contribution in [0, 0.1) is 5.92 Å². The van der Waals surface area contributed by atoms with Crippen LogP contribution in [0.25, 0.3) is 10.8 Å². The van der Waals surface area contributed by atoms with E-state index in [-0.39, 0.29) is 5.91 Å². The number of aromatic nitrogens is 1. The normalized spacial score (nSPS) is 19.5. The van der Waals surface area contributed by atoms with Gasteiger partial charge in [-0.25, -0.2) is 0 Å². The molecule has 1 atom stereocenters. The summed E-state index contributed by atoms with van der Waals surface area (Å²) in [4.78, 5) is 17.4. The zero-order chi connectivity index (χ0) is 13.9. The molecule has 0 bridgehead atoms. The smallest absolute Gasteiger partial charge is 0.231 e. The maximum absolute atomic E-state index is 11.0. The Morgan fingerprint density at radius 2 is 2.20 bits per heavy atom. The van der Waals surface area contributed by atoms with Crippen molar-refractivity contribution in [1.82, 2.24) is 9.88 Å². The molecule has 4 nitrogen and oxygen atoms in total. The van der Waals surface area contributed by atoms with E-state index in [0.717, 1.165) is 25.9 Å². The molecule has 1 aliphatic heterocycles. The Balaban J connectivity index is 1.73. The molecular weight excluding hydrogens is 250 g/mol. The summed E-state index contributed by atoms with van der Waals surface area (Å²) < 4.78 is 0. The fourth-order valence-electron chi connectivity index (χ4n) is 3.10. The van der Waals surface area contributed by atoms with E-state index in [2.05, 4.69) is 28.1 Å². The third kappa shape index (κ3) is 2.80. The number of hydrogen-bond acceptors (Lipinski definition) is 3. The van der Waals surface area contributed by atoms with Crippen molar-refractivity contribution in [3.8, 4) is 0 Å². The van der Waals surface area contributed by atoms with Gasteiger partial charge in [0.2, 0.25) is 5.91 Å². The fraction of sp³-hybridized carbons (Fsp3) is 0.375. The Hall–Kier alpha value is -1.94. The van der Waals surface area contributed by atoms with Crippen LogP contribution in [0.3, 0.4) is 0 Å². The van der Waals surface area contributed by atoms with Crippen LogP contribution in [0.1, 0.15) is 12.0 Å². The molecule has 0 aliphatic carbocycles. The van der Waals surface area contributed by atoms with Crippen LogP contribution in [0.2, 0.25) is 0 Å². The summed E-state index contributed by atoms with van der Waals surface area (Å²) in [6.07, 6.45) is 6.02. The van der Waals surface area contributed by atoms with E-state index in [4.69, 9.17) is 5.73 Å². The molecule has 20 heavy (non-hydrogen) atoms. The lowest BCUT2D eigenvalue weighted by Gasteiger charge is -2.14. The van der Waals surface area contributed by atoms with Crippen LogP contribution in [-0.2, 0) is 11.2 Å². The minimum atomic E-state index is -0.238. The molecule has 2 aromatic rings. The number of primary amides is 1. The Labute approximate surface area is 118 Å². The zero-order valence-electron chi connectivity index (χ0n) is 11.5. The topological polar surface area (TPSA) is 59.2 Å². The molecule has 1 amide bonds. The summed E-state index contributed by atoms with van der Waals surface area (Å²) >= 11 is 0. The lowest BCUT2D eigenvalue weighted by molar-refractivity contribution is -0.118. The predicted octanol–water partition coefficient (Wildman–Crippen LogP) is 1.58. The van der Waals surface area contributed by atoms with Gasteiger partial charge in [0.05, 0.1) is 6.54 Å². The highest BCUT2D eigenvalue weighted by atomic mass is 16.1. The molecule has 0 saturated carbocycles. The van der Waals surface area contributed by atoms with Crippen molar-refractivity contribution in [3.05, 3.63) is 42.2 Å². The number of carbonyl (C=O) groups is 1. The van der Waals surface area contributed by atoms with Gasteiger partial charge in [0.1, 0.15) is 0 Å². The van der Waals surface area contributed by atoms with Gasteiger partial charge in [-0.1, -0.05) is 24.3 Å². The van der Waals surface area contributed by atoms with Gasteiger partial charge >= 0.3 is 0 Å². The van der Waals surface area contributed by atoms with Crippen LogP contribution in [0.15, 0.2) is 36.7 Å². The van der Waals surface area contributed by atoms with E-state index in [1.54, 1.807) is 0 Å². The number of nitrogens with two attached hydrogens (primary N) is 1. The highest BCUT2D eigenvalue weighted by molar-refractivity contribution is 5.84. The second-order valence-electron chi connectivity index (χ2n) is 5.58. The van der Waals surface area contributed by atoms with Gasteiger partial charge < -0.3 is 5.73 Å². The molecule has 104 valence electrons. The van der Waals surface area contributed by atoms with Gasteiger partial charge in [0, 0.05) is 24.3 Å². The number of amides is 1. The van der Waals surface area contributed by atoms with E-state index in [1.165, 1.54) is 16.3 Å². The lowest BCUT2D eigenvalue weighted by atomic mass is 9.96. The van der Waals surface area contributed by atoms with Crippen molar-refractivity contribution in [1.29, 1.82) is 0 Å². The number of benzene rings is 1. The summed E-state index contributed by atoms with van der Waals surface area (Å²) in [7, 11) is 0. The van der Waals surface area contributed by atoms with Crippen molar-refractivity contribution in [2.24, 2.45) is 11.7 Å². The zero-order valence-corrected chi connectivity index (χ0v) is 11.5. The monoisotopic (exact) mass is 269 g/mol. The summed E-state index contributed by atoms with van der Waals surface area (Å²) in [5, 5.41) is 2.48. The largest absolute Gasteiger partial charge is 0.369 e. The number of hydrogen-bond donors (Lipinski definition) is 1. The number of rotatable bonds is 4. The molecule has 1 saturated heterocycles. The van der Waals surface area contributed by atoms with E-state index in [9.17, 15) is 4.79 Å². The van der Waals surface area contributed by atoms with Crippen molar-refractivity contribution in [2.75, 3.05) is 19.6 Å². The fourth-order valence-corrected chi connectivity index (χ4v) is 3.10. The summed E-state index contributed by atoms with van der Waals surface area (Å²) in [6.45, 7) is 2.29. The van der Waals surface area contributed by atoms with E-state index in [0.29, 0.717) is 12.5 Å². The van der Waals surface area contributed by atoms with Gasteiger partial charge in [0.25, 0.3) is 0 Å². The lowest BCUT2D eigenvalue weighted by Crippen LogP contribution is -2.32. The van der Waals surface area contributed by atoms with Gasteiger partial charge in [-0.3, -0.25) is 14.7 Å². The molecule has 0 unspecified atom stereocenters. The second-order valence-corrected chi connectivity index (χ2v) is 5.58. The summed E-state index contributed by atoms with van der Waals surface area (Å²) in [5.74, 6) is 0.347. The van der Waals surface area contributed by atoms with E-state index < -0.39 is 0 Å². The number of nitrogens with zero attached hydrogens (tertiary/aromatic N) is 2. The van der Waals surface area contributed by atoms with Gasteiger partial charge in [-0.05, 0) is 36.3 Å². The number of fused-ring (bicyclic) bond motifs is 1. The Kier molecular flexibility index (Phi) is 3.65. The van der Waals surface area contributed by atoms with Crippen molar-refractivity contribution < 1.29 is 4.79 Å². The standard InChI is InChI=1S/C16H19N3O/c17-16(20)11-19-6-5-12(10-19)7-14-9-18-8-13-3-1-2-4-15(13)14/h1-4,8-9,12H,5-7,10-11H2,(H2,17,20)/t12-/m1/s1. The quantitative estimate of drug-likeness (QED) is 0.917. The van der Waals surface area contributed by atoms with Crippen LogP contribution < -0.4 is 5.73 Å². The number of pyridine rings is 1. The Morgan fingerprint density at radius 1 is 1.35 bits per heavy atom. The first-order valence-corrected chi connectivity index (χ1v) is 7.04. The van der Waals surface area contributed by atoms with Crippen LogP contribution in [-0.4, -0.2) is 35.4 Å². The minimum absolute atomic E-state index is 0.238. The maximum atomic E-state index is 11.0. The third-order valence-electron chi connectivity index (χ3n) is 4.01. The van der Waals surface area contributed by atoms with Crippen molar-refractivity contribution in [3.63, 3.8) is 0 Å². The molecule has 0 spiro atoms. The average molecular weight is 269 g/mol. The van der Waals surface area contributed by atoms with E-state index in [1.807, 2.05) is 18.5 Å². The maximum Gasteiger partial charge on any atom is 0.231 e. The average Bonchev–Trinajstić information content (AvgIpc) is 2.86. The molecule has 1 aromatic heterocycles. The Bertz CT molecular complexity index is 621. The number of likely N-dealkylation sites (tertiary alicyclic amines) is 1. The van der Waals surface area contributed by atoms with Gasteiger partial charge in [-0.15, -0.1) is 0 Å². The molecular formula is C16H19N3O. The molecule has 1 aromatic carbocycles. The highest BCUT2D eigenvalue weighted by Crippen LogP contribution is 2.24. The number of carbonyl (C=O) groups excluding carboxylic acids is 1. The molecule has 0 radical (unpaired) electrons. The molecule has 2 N–H and O–H groups in total. The molecule has 4 heteroatoms. The molecule has 3 rings (SSSR count). The van der Waals surface area contributed by atoms with Gasteiger partial charge in [0.15, 0.2) is 0 Å². The van der Waals surface area contributed by atoms with E-state index >= 15 is 0 Å². The minimum Gasteiger partial charge on any atom is -0.369 e. The van der Waals surface area contributed by atoms with Gasteiger partial charge in [-0.2, -0.15) is 0 Å². The molecule has 1 aliphatic rings. The Morgan fingerprint density at radius 3 is 3.05 bits per heavy atom. The second kappa shape index (κ2) is 5.59. The van der Waals surface area contributed by atoms with Crippen LogP contribution in [0.4, 0.5) is 0 Å². The third-order valence-corrected chi connectivity index (χ3v) is 4.01. The molecule has 1 fully saturated rings. The van der Waals surface area contributed by atoms with Crippen molar-refractivity contribution >= 4 is 16.7 Å². The first-order valence-electron chi connectivity index (χ1n) is 7.04. The SMILES string of the molecule is NC(=O)CN1CC[C@H](Cc2cncc3ccccc23)C1. The summed E-state index contributed by atoms with van der Waals surface area (Å²) in [6, 6.07) is 8.36. The summed E-state index contributed by atoms with van der Waals surface area (Å²) in [5.41, 5.74) is 6.55. The highest BCUT2D eigenvalue weighted by Gasteiger charge is 2.24. The molecule has 2 heterocycles.